The zero-order valence-corrected chi connectivity index (χ0v) is 11.4. The molecular formula is C15H25NO2. The third-order valence-corrected chi connectivity index (χ3v) is 5.10. The van der Waals surface area contributed by atoms with Crippen molar-refractivity contribution < 1.29 is 9.53 Å². The average molecular weight is 251 g/mol. The van der Waals surface area contributed by atoms with E-state index in [0.29, 0.717) is 17.7 Å². The highest BCUT2D eigenvalue weighted by Gasteiger charge is 2.56. The predicted octanol–water partition coefficient (Wildman–Crippen LogP) is 2.31. The molecule has 1 amide bonds. The van der Waals surface area contributed by atoms with E-state index in [1.165, 1.54) is 25.7 Å². The Morgan fingerprint density at radius 3 is 2.61 bits per heavy atom. The Balaban J connectivity index is 1.49. The lowest BCUT2D eigenvalue weighted by atomic mass is 10.0. The lowest BCUT2D eigenvalue weighted by molar-refractivity contribution is -0.132. The Hall–Kier alpha value is -0.570. The van der Waals surface area contributed by atoms with E-state index in [1.807, 2.05) is 6.92 Å². The zero-order valence-electron chi connectivity index (χ0n) is 11.4. The fourth-order valence-corrected chi connectivity index (χ4v) is 4.02. The van der Waals surface area contributed by atoms with Gasteiger partial charge in [0.15, 0.2) is 0 Å². The smallest absolute Gasteiger partial charge is 0.226 e. The molecule has 1 aliphatic heterocycles. The van der Waals surface area contributed by atoms with Crippen molar-refractivity contribution >= 4 is 5.91 Å². The first kappa shape index (κ1) is 12.5. The molecule has 18 heavy (non-hydrogen) atoms. The topological polar surface area (TPSA) is 29.5 Å². The summed E-state index contributed by atoms with van der Waals surface area (Å²) in [5.41, 5.74) is 0. The SMILES string of the molecule is CCOC[C@H]1CCN(C(=O)C2[C@H]3CCCC[C@@H]23)C1. The van der Waals surface area contributed by atoms with Crippen molar-refractivity contribution in [3.05, 3.63) is 0 Å². The van der Waals surface area contributed by atoms with E-state index in [1.54, 1.807) is 0 Å². The predicted molar refractivity (Wildman–Crippen MR) is 70.1 cm³/mol. The molecule has 2 saturated carbocycles. The van der Waals surface area contributed by atoms with Gasteiger partial charge in [-0.25, -0.2) is 0 Å². The molecular weight excluding hydrogens is 226 g/mol. The van der Waals surface area contributed by atoms with Crippen molar-refractivity contribution in [2.75, 3.05) is 26.3 Å². The highest BCUT2D eigenvalue weighted by Crippen LogP contribution is 2.56. The first-order valence-corrected chi connectivity index (χ1v) is 7.67. The number of carbonyl (C=O) groups is 1. The van der Waals surface area contributed by atoms with Crippen LogP contribution in [0.5, 0.6) is 0 Å². The van der Waals surface area contributed by atoms with E-state index in [4.69, 9.17) is 4.74 Å². The van der Waals surface area contributed by atoms with Crippen LogP contribution in [-0.4, -0.2) is 37.1 Å². The average Bonchev–Trinajstić information content (AvgIpc) is 2.94. The molecule has 102 valence electrons. The molecule has 3 nitrogen and oxygen atoms in total. The maximum absolute atomic E-state index is 12.5. The summed E-state index contributed by atoms with van der Waals surface area (Å²) in [5, 5.41) is 0. The molecule has 0 N–H and O–H groups in total. The molecule has 0 aromatic heterocycles. The quantitative estimate of drug-likeness (QED) is 0.767. The maximum atomic E-state index is 12.5. The molecule has 4 atom stereocenters. The monoisotopic (exact) mass is 251 g/mol. The molecule has 3 aliphatic rings. The summed E-state index contributed by atoms with van der Waals surface area (Å²) in [6, 6.07) is 0. The molecule has 3 rings (SSSR count). The van der Waals surface area contributed by atoms with Crippen LogP contribution >= 0.6 is 0 Å². The largest absolute Gasteiger partial charge is 0.381 e. The van der Waals surface area contributed by atoms with E-state index in [9.17, 15) is 4.79 Å². The van der Waals surface area contributed by atoms with Gasteiger partial charge in [-0.05, 0) is 38.0 Å². The van der Waals surface area contributed by atoms with E-state index in [0.717, 1.165) is 44.6 Å². The van der Waals surface area contributed by atoms with Crippen molar-refractivity contribution in [1.29, 1.82) is 0 Å². The van der Waals surface area contributed by atoms with Crippen molar-refractivity contribution in [1.82, 2.24) is 4.90 Å². The van der Waals surface area contributed by atoms with Crippen molar-refractivity contribution in [3.8, 4) is 0 Å². The van der Waals surface area contributed by atoms with Crippen LogP contribution in [-0.2, 0) is 9.53 Å². The van der Waals surface area contributed by atoms with Gasteiger partial charge < -0.3 is 9.64 Å². The van der Waals surface area contributed by atoms with E-state index in [-0.39, 0.29) is 0 Å². The fraction of sp³-hybridized carbons (Fsp3) is 0.933. The summed E-state index contributed by atoms with van der Waals surface area (Å²) >= 11 is 0. The summed E-state index contributed by atoms with van der Waals surface area (Å²) in [6.07, 6.45) is 6.43. The summed E-state index contributed by atoms with van der Waals surface area (Å²) < 4.78 is 5.48. The van der Waals surface area contributed by atoms with Gasteiger partial charge >= 0.3 is 0 Å². The second-order valence-corrected chi connectivity index (χ2v) is 6.24. The number of rotatable bonds is 4. The maximum Gasteiger partial charge on any atom is 0.226 e. The molecule has 0 bridgehead atoms. The number of likely N-dealkylation sites (tertiary alicyclic amines) is 1. The normalized spacial score (nSPS) is 38.6. The minimum atomic E-state index is 0.401. The lowest BCUT2D eigenvalue weighted by Gasteiger charge is -2.16. The van der Waals surface area contributed by atoms with Gasteiger partial charge in [-0.3, -0.25) is 4.79 Å². The summed E-state index contributed by atoms with van der Waals surface area (Å²) in [7, 11) is 0. The van der Waals surface area contributed by atoms with Crippen LogP contribution in [0.1, 0.15) is 39.0 Å². The first-order chi connectivity index (χ1) is 8.81. The number of nitrogens with zero attached hydrogens (tertiary/aromatic N) is 1. The van der Waals surface area contributed by atoms with Crippen molar-refractivity contribution in [2.24, 2.45) is 23.7 Å². The number of amides is 1. The summed E-state index contributed by atoms with van der Waals surface area (Å²) in [5.74, 6) is 2.94. The molecule has 2 aliphatic carbocycles. The summed E-state index contributed by atoms with van der Waals surface area (Å²) in [6.45, 7) is 5.56. The van der Waals surface area contributed by atoms with Crippen LogP contribution in [0, 0.1) is 23.7 Å². The van der Waals surface area contributed by atoms with Crippen LogP contribution < -0.4 is 0 Å². The summed E-state index contributed by atoms with van der Waals surface area (Å²) in [4.78, 5) is 14.6. The zero-order chi connectivity index (χ0) is 12.5. The number of hydrogen-bond donors (Lipinski definition) is 0. The van der Waals surface area contributed by atoms with Crippen LogP contribution in [0.3, 0.4) is 0 Å². The van der Waals surface area contributed by atoms with Crippen LogP contribution in [0.4, 0.5) is 0 Å². The highest BCUT2D eigenvalue weighted by atomic mass is 16.5. The molecule has 0 spiro atoms. The third-order valence-electron chi connectivity index (χ3n) is 5.10. The van der Waals surface area contributed by atoms with Gasteiger partial charge in [0.25, 0.3) is 0 Å². The van der Waals surface area contributed by atoms with E-state index < -0.39 is 0 Å². The molecule has 1 saturated heterocycles. The van der Waals surface area contributed by atoms with E-state index in [2.05, 4.69) is 4.90 Å². The molecule has 0 aromatic carbocycles. The Labute approximate surface area is 110 Å². The molecule has 3 fully saturated rings. The van der Waals surface area contributed by atoms with Crippen molar-refractivity contribution in [3.63, 3.8) is 0 Å². The van der Waals surface area contributed by atoms with Gasteiger partial charge in [0.2, 0.25) is 5.91 Å². The lowest BCUT2D eigenvalue weighted by Crippen LogP contribution is -2.31. The van der Waals surface area contributed by atoms with Gasteiger partial charge in [-0.2, -0.15) is 0 Å². The van der Waals surface area contributed by atoms with Gasteiger partial charge in [-0.1, -0.05) is 12.8 Å². The Morgan fingerprint density at radius 2 is 1.94 bits per heavy atom. The standard InChI is InChI=1S/C15H25NO2/c1-2-18-10-11-7-8-16(9-11)15(17)14-12-5-3-4-6-13(12)14/h11-14H,2-10H2,1H3/t11-,12-,13+,14?/m0/s1. The minimum absolute atomic E-state index is 0.401. The fourth-order valence-electron chi connectivity index (χ4n) is 4.02. The minimum Gasteiger partial charge on any atom is -0.381 e. The van der Waals surface area contributed by atoms with Crippen molar-refractivity contribution in [2.45, 2.75) is 39.0 Å². The van der Waals surface area contributed by atoms with Crippen LogP contribution in [0.25, 0.3) is 0 Å². The number of hydrogen-bond acceptors (Lipinski definition) is 2. The van der Waals surface area contributed by atoms with Gasteiger partial charge in [0.1, 0.15) is 0 Å². The second-order valence-electron chi connectivity index (χ2n) is 6.24. The van der Waals surface area contributed by atoms with E-state index >= 15 is 0 Å². The Morgan fingerprint density at radius 1 is 1.22 bits per heavy atom. The highest BCUT2D eigenvalue weighted by molar-refractivity contribution is 5.82. The molecule has 1 unspecified atom stereocenters. The van der Waals surface area contributed by atoms with Gasteiger partial charge in [0.05, 0.1) is 6.61 Å². The number of ether oxygens (including phenoxy) is 1. The van der Waals surface area contributed by atoms with Crippen LogP contribution in [0.2, 0.25) is 0 Å². The Bertz CT molecular complexity index is 306. The van der Waals surface area contributed by atoms with Crippen LogP contribution in [0.15, 0.2) is 0 Å². The second kappa shape index (κ2) is 5.20. The molecule has 0 aromatic rings. The molecule has 0 radical (unpaired) electrons. The molecule has 3 heteroatoms. The molecule has 1 heterocycles. The van der Waals surface area contributed by atoms with Gasteiger partial charge in [-0.15, -0.1) is 0 Å². The first-order valence-electron chi connectivity index (χ1n) is 7.67. The number of fused-ring (bicyclic) bond motifs is 1. The van der Waals surface area contributed by atoms with Gasteiger partial charge in [0, 0.05) is 31.5 Å². The number of carbonyl (C=O) groups excluding carboxylic acids is 1. The third kappa shape index (κ3) is 2.29. The Kier molecular flexibility index (Phi) is 3.60.